The average Bonchev–Trinajstić information content (AvgIpc) is 2.63. The highest BCUT2D eigenvalue weighted by Crippen LogP contribution is 2.32. The zero-order valence-electron chi connectivity index (χ0n) is 14.8. The second kappa shape index (κ2) is 8.14. The van der Waals surface area contributed by atoms with Crippen LogP contribution < -0.4 is 5.32 Å². The van der Waals surface area contributed by atoms with Crippen molar-refractivity contribution >= 4 is 39.9 Å². The molecule has 154 valence electrons. The molecule has 1 aliphatic rings. The number of halogens is 4. The number of β-amino-alcohol motifs (C(OH)–C–C–N with tert-alkyl or cyclic N) is 1. The van der Waals surface area contributed by atoms with Gasteiger partial charge in [0.2, 0.25) is 6.54 Å². The van der Waals surface area contributed by atoms with Gasteiger partial charge in [-0.2, -0.15) is 0 Å². The summed E-state index contributed by atoms with van der Waals surface area (Å²) >= 11 is 1.89. The molecule has 11 heteroatoms. The third kappa shape index (κ3) is 4.61. The molecule has 0 bridgehead atoms. The Labute approximate surface area is 176 Å². The summed E-state index contributed by atoms with van der Waals surface area (Å²) in [7, 11) is 0. The van der Waals surface area contributed by atoms with Crippen molar-refractivity contribution in [1.29, 1.82) is 0 Å². The van der Waals surface area contributed by atoms with Gasteiger partial charge in [-0.25, -0.2) is 13.2 Å². The molecule has 1 saturated heterocycles. The average molecular weight is 521 g/mol. The molecule has 3 rings (SSSR count). The molecule has 0 aliphatic carbocycles. The highest BCUT2D eigenvalue weighted by Gasteiger charge is 2.45. The van der Waals surface area contributed by atoms with Crippen LogP contribution in [0.25, 0.3) is 0 Å². The maximum Gasteiger partial charge on any atom is 0.256 e. The predicted octanol–water partition coefficient (Wildman–Crippen LogP) is 3.31. The van der Waals surface area contributed by atoms with Crippen molar-refractivity contribution in [3.8, 4) is 0 Å². The van der Waals surface area contributed by atoms with E-state index < -0.39 is 46.1 Å². The maximum absolute atomic E-state index is 14.4. The first kappa shape index (κ1) is 21.3. The monoisotopic (exact) mass is 521 g/mol. The summed E-state index contributed by atoms with van der Waals surface area (Å²) < 4.78 is 42.9. The number of carbonyl (C=O) groups is 1. The van der Waals surface area contributed by atoms with E-state index in [1.54, 1.807) is 6.07 Å². The van der Waals surface area contributed by atoms with Crippen LogP contribution in [0.15, 0.2) is 30.3 Å². The second-order valence-electron chi connectivity index (χ2n) is 6.72. The van der Waals surface area contributed by atoms with Crippen molar-refractivity contribution in [2.24, 2.45) is 0 Å². The molecule has 0 atom stereocenters. The van der Waals surface area contributed by atoms with Crippen molar-refractivity contribution in [2.75, 3.05) is 25.0 Å². The molecule has 1 fully saturated rings. The van der Waals surface area contributed by atoms with Crippen LogP contribution in [0.2, 0.25) is 0 Å². The zero-order valence-corrected chi connectivity index (χ0v) is 17.0. The molecule has 0 radical (unpaired) electrons. The van der Waals surface area contributed by atoms with Crippen molar-refractivity contribution in [3.63, 3.8) is 0 Å². The summed E-state index contributed by atoms with van der Waals surface area (Å²) in [6.45, 7) is -0.825. The van der Waals surface area contributed by atoms with Gasteiger partial charge in [0.1, 0.15) is 11.4 Å². The number of nitrogens with zero attached hydrogens (tertiary/aromatic N) is 2. The van der Waals surface area contributed by atoms with E-state index in [4.69, 9.17) is 0 Å². The Hall–Kier alpha value is -2.41. The molecule has 29 heavy (non-hydrogen) atoms. The van der Waals surface area contributed by atoms with E-state index >= 15 is 0 Å². The molecular weight excluding hydrogens is 506 g/mol. The molecule has 1 heterocycles. The summed E-state index contributed by atoms with van der Waals surface area (Å²) in [4.78, 5) is 23.8. The van der Waals surface area contributed by atoms with Crippen LogP contribution in [0.5, 0.6) is 0 Å². The quantitative estimate of drug-likeness (QED) is 0.346. The number of amides is 1. The summed E-state index contributed by atoms with van der Waals surface area (Å²) in [5.41, 5.74) is -2.33. The minimum atomic E-state index is -1.41. The van der Waals surface area contributed by atoms with Crippen LogP contribution in [0, 0.1) is 31.1 Å². The number of benzene rings is 2. The van der Waals surface area contributed by atoms with E-state index in [0.717, 1.165) is 17.0 Å². The smallest absolute Gasteiger partial charge is 0.256 e. The van der Waals surface area contributed by atoms with Gasteiger partial charge in [0.25, 0.3) is 5.91 Å². The minimum Gasteiger partial charge on any atom is -0.386 e. The van der Waals surface area contributed by atoms with Crippen LogP contribution >= 0.6 is 22.6 Å². The van der Waals surface area contributed by atoms with Crippen molar-refractivity contribution in [3.05, 3.63) is 67.0 Å². The van der Waals surface area contributed by atoms with Crippen LogP contribution in [-0.2, 0) is 0 Å². The Morgan fingerprint density at radius 3 is 2.55 bits per heavy atom. The molecule has 0 aromatic heterocycles. The van der Waals surface area contributed by atoms with Gasteiger partial charge in [-0.1, -0.05) is 0 Å². The van der Waals surface area contributed by atoms with Crippen LogP contribution in [0.3, 0.4) is 0 Å². The Kier molecular flexibility index (Phi) is 5.98. The van der Waals surface area contributed by atoms with Gasteiger partial charge < -0.3 is 15.3 Å². The summed E-state index contributed by atoms with van der Waals surface area (Å²) in [5, 5.41) is 23.1. The van der Waals surface area contributed by atoms with Gasteiger partial charge in [0, 0.05) is 14.9 Å². The van der Waals surface area contributed by atoms with Gasteiger partial charge in [0.15, 0.2) is 11.6 Å². The highest BCUT2D eigenvalue weighted by molar-refractivity contribution is 14.1. The highest BCUT2D eigenvalue weighted by atomic mass is 127. The van der Waals surface area contributed by atoms with Crippen molar-refractivity contribution in [1.82, 2.24) is 4.90 Å². The molecule has 0 saturated carbocycles. The van der Waals surface area contributed by atoms with Gasteiger partial charge in [0.05, 0.1) is 30.0 Å². The standard InChI is InChI=1S/C18H15F3IN3O4/c19-12-3-2-11(17(26)24-8-18(27,9-24)5-6-25(28)29)16(15(12)21)23-14-4-1-10(22)7-13(14)20/h1-4,7,23,27H,5-6,8-9H2. The minimum absolute atomic E-state index is 0.138. The first-order valence-corrected chi connectivity index (χ1v) is 9.51. The lowest BCUT2D eigenvalue weighted by Crippen LogP contribution is -2.64. The number of hydrogen-bond acceptors (Lipinski definition) is 5. The van der Waals surface area contributed by atoms with Crippen LogP contribution in [-0.4, -0.2) is 46.1 Å². The SMILES string of the molecule is O=C(c1ccc(F)c(F)c1Nc1ccc(I)cc1F)N1CC(O)(CC[N+](=O)[O-])C1. The maximum atomic E-state index is 14.4. The number of carbonyl (C=O) groups excluding carboxylic acids is 1. The van der Waals surface area contributed by atoms with E-state index in [0.29, 0.717) is 3.57 Å². The zero-order chi connectivity index (χ0) is 21.3. The third-order valence-corrected chi connectivity index (χ3v) is 5.20. The van der Waals surface area contributed by atoms with Gasteiger partial charge in [-0.05, 0) is 52.9 Å². The lowest BCUT2D eigenvalue weighted by Gasteiger charge is -2.46. The van der Waals surface area contributed by atoms with E-state index in [9.17, 15) is 33.2 Å². The lowest BCUT2D eigenvalue weighted by molar-refractivity contribution is -0.484. The number of anilines is 2. The summed E-state index contributed by atoms with van der Waals surface area (Å²) in [6, 6.07) is 5.90. The van der Waals surface area contributed by atoms with E-state index in [1.807, 2.05) is 22.6 Å². The Morgan fingerprint density at radius 1 is 1.24 bits per heavy atom. The van der Waals surface area contributed by atoms with Crippen LogP contribution in [0.4, 0.5) is 24.5 Å². The normalized spacial score (nSPS) is 15.0. The van der Waals surface area contributed by atoms with Crippen molar-refractivity contribution in [2.45, 2.75) is 12.0 Å². The van der Waals surface area contributed by atoms with E-state index in [2.05, 4.69) is 5.32 Å². The Bertz CT molecular complexity index is 983. The molecule has 2 N–H and O–H groups in total. The van der Waals surface area contributed by atoms with Gasteiger partial charge in [-0.3, -0.25) is 14.9 Å². The number of hydrogen-bond donors (Lipinski definition) is 2. The Morgan fingerprint density at radius 2 is 1.93 bits per heavy atom. The van der Waals surface area contributed by atoms with Crippen molar-refractivity contribution < 1.29 is 28.0 Å². The molecule has 7 nitrogen and oxygen atoms in total. The van der Waals surface area contributed by atoms with E-state index in [1.165, 1.54) is 12.1 Å². The molecule has 2 aromatic carbocycles. The van der Waals surface area contributed by atoms with Crippen LogP contribution in [0.1, 0.15) is 16.8 Å². The first-order valence-electron chi connectivity index (χ1n) is 8.43. The lowest BCUT2D eigenvalue weighted by atomic mass is 9.89. The Balaban J connectivity index is 1.84. The fourth-order valence-corrected chi connectivity index (χ4v) is 3.47. The fourth-order valence-electron chi connectivity index (χ4n) is 3.01. The molecule has 2 aromatic rings. The molecular formula is C18H15F3IN3O4. The fraction of sp³-hybridized carbons (Fsp3) is 0.278. The number of aliphatic hydroxyl groups is 1. The first-order chi connectivity index (χ1) is 13.6. The second-order valence-corrected chi connectivity index (χ2v) is 7.97. The topological polar surface area (TPSA) is 95.7 Å². The molecule has 1 aliphatic heterocycles. The summed E-state index contributed by atoms with van der Waals surface area (Å²) in [5.74, 6) is -4.00. The molecule has 0 unspecified atom stereocenters. The van der Waals surface area contributed by atoms with E-state index in [-0.39, 0.29) is 30.8 Å². The largest absolute Gasteiger partial charge is 0.386 e. The summed E-state index contributed by atoms with van der Waals surface area (Å²) in [6.07, 6.45) is -0.138. The number of nitro groups is 1. The number of likely N-dealkylation sites (tertiary alicyclic amines) is 1. The van der Waals surface area contributed by atoms with Gasteiger partial charge >= 0.3 is 0 Å². The molecule has 0 spiro atoms. The molecule has 1 amide bonds. The number of rotatable bonds is 6. The third-order valence-electron chi connectivity index (χ3n) is 4.53. The van der Waals surface area contributed by atoms with Gasteiger partial charge in [-0.15, -0.1) is 0 Å². The number of nitrogens with one attached hydrogen (secondary N) is 1. The predicted molar refractivity (Wildman–Crippen MR) is 106 cm³/mol.